The lowest BCUT2D eigenvalue weighted by atomic mass is 10.1. The molecule has 1 heterocycles. The van der Waals surface area contributed by atoms with E-state index in [4.69, 9.17) is 5.11 Å². The van der Waals surface area contributed by atoms with Gasteiger partial charge in [0, 0.05) is 17.8 Å². The zero-order chi connectivity index (χ0) is 13.8. The maximum Gasteiger partial charge on any atom is 0.309 e. The molecule has 6 heteroatoms. The van der Waals surface area contributed by atoms with Crippen molar-refractivity contribution in [2.75, 3.05) is 0 Å². The Morgan fingerprint density at radius 1 is 1.26 bits per heavy atom. The van der Waals surface area contributed by atoms with Gasteiger partial charge in [-0.05, 0) is 5.56 Å². The minimum Gasteiger partial charge on any atom is -0.481 e. The summed E-state index contributed by atoms with van der Waals surface area (Å²) in [5.41, 5.74) is 1.06. The van der Waals surface area contributed by atoms with Crippen LogP contribution in [0.1, 0.15) is 5.69 Å². The molecular formula is C13H10N2O4. The van der Waals surface area contributed by atoms with E-state index in [1.165, 1.54) is 12.3 Å². The van der Waals surface area contributed by atoms with Gasteiger partial charge in [-0.3, -0.25) is 19.9 Å². The molecule has 0 saturated carbocycles. The molecule has 19 heavy (non-hydrogen) atoms. The third kappa shape index (κ3) is 2.92. The van der Waals surface area contributed by atoms with Gasteiger partial charge in [0.15, 0.2) is 0 Å². The monoisotopic (exact) mass is 258 g/mol. The average molecular weight is 258 g/mol. The van der Waals surface area contributed by atoms with Crippen molar-refractivity contribution in [1.82, 2.24) is 4.98 Å². The molecule has 0 atom stereocenters. The number of carboxylic acids is 1. The summed E-state index contributed by atoms with van der Waals surface area (Å²) in [7, 11) is 0. The molecule has 0 amide bonds. The van der Waals surface area contributed by atoms with Crippen LogP contribution in [0.4, 0.5) is 5.69 Å². The summed E-state index contributed by atoms with van der Waals surface area (Å²) >= 11 is 0. The minimum absolute atomic E-state index is 0.0443. The zero-order valence-corrected chi connectivity index (χ0v) is 9.81. The van der Waals surface area contributed by atoms with Gasteiger partial charge in [-0.2, -0.15) is 0 Å². The maximum absolute atomic E-state index is 11.0. The standard InChI is InChI=1S/C13H10N2O4/c16-13(17)7-11-12(15(18)19)6-10(8-14-11)9-4-2-1-3-5-9/h1-6,8H,7H2,(H,16,17). The number of carbonyl (C=O) groups is 1. The van der Waals surface area contributed by atoms with E-state index in [-0.39, 0.29) is 11.4 Å². The van der Waals surface area contributed by atoms with Crippen LogP contribution in [0.15, 0.2) is 42.6 Å². The van der Waals surface area contributed by atoms with Crippen molar-refractivity contribution in [3.05, 3.63) is 58.4 Å². The lowest BCUT2D eigenvalue weighted by Crippen LogP contribution is -2.06. The normalized spacial score (nSPS) is 10.1. The molecule has 0 spiro atoms. The Morgan fingerprint density at radius 2 is 1.95 bits per heavy atom. The number of hydrogen-bond donors (Lipinski definition) is 1. The molecule has 0 saturated heterocycles. The summed E-state index contributed by atoms with van der Waals surface area (Å²) in [6, 6.07) is 10.4. The Labute approximate surface area is 108 Å². The third-order valence-corrected chi connectivity index (χ3v) is 2.57. The van der Waals surface area contributed by atoms with Crippen LogP contribution < -0.4 is 0 Å². The molecule has 0 aliphatic rings. The van der Waals surface area contributed by atoms with Crippen LogP contribution in [0, 0.1) is 10.1 Å². The number of aliphatic carboxylic acids is 1. The van der Waals surface area contributed by atoms with Crippen LogP contribution in [0.3, 0.4) is 0 Å². The number of pyridine rings is 1. The lowest BCUT2D eigenvalue weighted by molar-refractivity contribution is -0.385. The third-order valence-electron chi connectivity index (χ3n) is 2.57. The molecule has 0 aliphatic heterocycles. The molecule has 0 unspecified atom stereocenters. The van der Waals surface area contributed by atoms with Crippen LogP contribution in [-0.2, 0) is 11.2 Å². The van der Waals surface area contributed by atoms with Crippen molar-refractivity contribution in [1.29, 1.82) is 0 Å². The van der Waals surface area contributed by atoms with E-state index in [1.807, 2.05) is 18.2 Å². The lowest BCUT2D eigenvalue weighted by Gasteiger charge is -2.04. The minimum atomic E-state index is -1.15. The number of nitrogens with zero attached hydrogens (tertiary/aromatic N) is 2. The first-order valence-corrected chi connectivity index (χ1v) is 5.48. The van der Waals surface area contributed by atoms with Gasteiger partial charge in [-0.1, -0.05) is 30.3 Å². The van der Waals surface area contributed by atoms with Crippen molar-refractivity contribution in [2.45, 2.75) is 6.42 Å². The molecule has 1 aromatic carbocycles. The van der Waals surface area contributed by atoms with Crippen molar-refractivity contribution < 1.29 is 14.8 Å². The number of rotatable bonds is 4. The highest BCUT2D eigenvalue weighted by Crippen LogP contribution is 2.25. The largest absolute Gasteiger partial charge is 0.481 e. The molecule has 2 aromatic rings. The highest BCUT2D eigenvalue weighted by atomic mass is 16.6. The predicted octanol–water partition coefficient (Wildman–Crippen LogP) is 2.28. The van der Waals surface area contributed by atoms with Crippen LogP contribution in [0.5, 0.6) is 0 Å². The molecule has 0 aliphatic carbocycles. The van der Waals surface area contributed by atoms with Gasteiger partial charge < -0.3 is 5.11 Å². The van der Waals surface area contributed by atoms with Crippen LogP contribution in [0.25, 0.3) is 11.1 Å². The Hall–Kier alpha value is -2.76. The van der Waals surface area contributed by atoms with Gasteiger partial charge in [-0.25, -0.2) is 0 Å². The van der Waals surface area contributed by atoms with Crippen molar-refractivity contribution in [3.8, 4) is 11.1 Å². The van der Waals surface area contributed by atoms with E-state index in [0.29, 0.717) is 5.56 Å². The van der Waals surface area contributed by atoms with Crippen LogP contribution >= 0.6 is 0 Å². The maximum atomic E-state index is 11.0. The molecule has 0 fully saturated rings. The van der Waals surface area contributed by atoms with Crippen molar-refractivity contribution in [3.63, 3.8) is 0 Å². The predicted molar refractivity (Wildman–Crippen MR) is 67.7 cm³/mol. The molecule has 6 nitrogen and oxygen atoms in total. The SMILES string of the molecule is O=C(O)Cc1ncc(-c2ccccc2)cc1[N+](=O)[O-]. The fourth-order valence-electron chi connectivity index (χ4n) is 1.71. The highest BCUT2D eigenvalue weighted by Gasteiger charge is 2.18. The topological polar surface area (TPSA) is 93.3 Å². The summed E-state index contributed by atoms with van der Waals surface area (Å²) in [5, 5.41) is 19.7. The average Bonchev–Trinajstić information content (AvgIpc) is 2.39. The Bertz CT molecular complexity index is 626. The Morgan fingerprint density at radius 3 is 2.53 bits per heavy atom. The molecule has 0 bridgehead atoms. The first-order valence-electron chi connectivity index (χ1n) is 5.48. The van der Waals surface area contributed by atoms with Gasteiger partial charge in [0.05, 0.1) is 11.3 Å². The Kier molecular flexibility index (Phi) is 3.51. The van der Waals surface area contributed by atoms with Crippen LogP contribution in [-0.4, -0.2) is 21.0 Å². The van der Waals surface area contributed by atoms with Gasteiger partial charge in [-0.15, -0.1) is 0 Å². The molecule has 2 rings (SSSR count). The number of nitro groups is 1. The fraction of sp³-hybridized carbons (Fsp3) is 0.0769. The van der Waals surface area contributed by atoms with Crippen molar-refractivity contribution >= 4 is 11.7 Å². The summed E-state index contributed by atoms with van der Waals surface area (Å²) in [6.07, 6.45) is 0.978. The van der Waals surface area contributed by atoms with Gasteiger partial charge in [0.25, 0.3) is 5.69 Å². The quantitative estimate of drug-likeness (QED) is 0.670. The van der Waals surface area contributed by atoms with E-state index >= 15 is 0 Å². The molecular weight excluding hydrogens is 248 g/mol. The second-order valence-corrected chi connectivity index (χ2v) is 3.88. The van der Waals surface area contributed by atoms with E-state index in [0.717, 1.165) is 5.56 Å². The zero-order valence-electron chi connectivity index (χ0n) is 9.81. The summed E-state index contributed by atoms with van der Waals surface area (Å²) < 4.78 is 0. The van der Waals surface area contributed by atoms with Gasteiger partial charge in [0.2, 0.25) is 0 Å². The summed E-state index contributed by atoms with van der Waals surface area (Å²) in [6.45, 7) is 0. The van der Waals surface area contributed by atoms with Crippen LogP contribution in [0.2, 0.25) is 0 Å². The van der Waals surface area contributed by atoms with E-state index in [2.05, 4.69) is 4.98 Å². The molecule has 1 N–H and O–H groups in total. The summed E-state index contributed by atoms with van der Waals surface area (Å²) in [5.74, 6) is -1.15. The van der Waals surface area contributed by atoms with E-state index in [1.54, 1.807) is 12.1 Å². The van der Waals surface area contributed by atoms with Crippen molar-refractivity contribution in [2.24, 2.45) is 0 Å². The fourth-order valence-corrected chi connectivity index (χ4v) is 1.71. The summed E-state index contributed by atoms with van der Waals surface area (Å²) in [4.78, 5) is 24.9. The Balaban J connectivity index is 2.48. The second-order valence-electron chi connectivity index (χ2n) is 3.88. The van der Waals surface area contributed by atoms with E-state index in [9.17, 15) is 14.9 Å². The molecule has 1 aromatic heterocycles. The van der Waals surface area contributed by atoms with E-state index < -0.39 is 17.3 Å². The molecule has 96 valence electrons. The smallest absolute Gasteiger partial charge is 0.309 e. The number of carboxylic acid groups (broad SMARTS) is 1. The highest BCUT2D eigenvalue weighted by molar-refractivity contribution is 5.73. The number of aromatic nitrogens is 1. The number of benzene rings is 1. The first kappa shape index (κ1) is 12.7. The first-order chi connectivity index (χ1) is 9.08. The molecule has 0 radical (unpaired) electrons. The van der Waals surface area contributed by atoms with Gasteiger partial charge in [0.1, 0.15) is 5.69 Å². The number of hydrogen-bond acceptors (Lipinski definition) is 4. The second kappa shape index (κ2) is 5.26. The van der Waals surface area contributed by atoms with Gasteiger partial charge >= 0.3 is 5.97 Å².